The Morgan fingerprint density at radius 1 is 0.193 bits per heavy atom. The van der Waals surface area contributed by atoms with Gasteiger partial charge in [-0.2, -0.15) is 0 Å². The Hall–Kier alpha value is -6.90. The van der Waals surface area contributed by atoms with Crippen LogP contribution in [0.25, 0.3) is 21.3 Å². The zero-order chi connectivity index (χ0) is 76.5. The maximum absolute atomic E-state index is 5.66. The van der Waals surface area contributed by atoms with Crippen molar-refractivity contribution in [2.24, 2.45) is 43.3 Å². The van der Waals surface area contributed by atoms with Gasteiger partial charge in [-0.1, -0.05) is 516 Å². The molecule has 0 N–H and O–H groups in total. The van der Waals surface area contributed by atoms with Gasteiger partial charge in [0.2, 0.25) is 0 Å². The summed E-state index contributed by atoms with van der Waals surface area (Å²) in [5.74, 6) is 0. The first kappa shape index (κ1) is 81.6. The number of nitrogens with zero attached hydrogens (tertiary/aromatic N) is 4. The van der Waals surface area contributed by atoms with Crippen molar-refractivity contribution in [1.29, 1.82) is 0 Å². The normalized spacial score (nSPS) is 21.9. The monoisotopic (exact) mass is 1540 g/mol. The summed E-state index contributed by atoms with van der Waals surface area (Å²) >= 11 is 0. The SMILES string of the molecule is CC1(C)CC(C)(C)C1([N-]C1C=CC=C1)[SiH](c1ccccc1)c1ccccc1.CC1(C)CC(C)(C)C1([N-]C1C=CC=C1)[SiH](c1ccccc1)c1ccccc1.CC1(C)CC(C)(C)C1([N-]C1C=CC=C1)[SiH](c1ccccc1)c1ccccc1.CC1(C)CC(C)(C)C1([N-]C1C=CC=C1)[SiH](c1ccccc1)c1ccccc1.[Ti+4]. The average Bonchev–Trinajstić information content (AvgIpc) is 1.02. The first-order valence-electron chi connectivity index (χ1n) is 40.2. The van der Waals surface area contributed by atoms with Gasteiger partial charge in [-0.05, 0) is 69.0 Å². The smallest absolute Gasteiger partial charge is 0.649 e. The van der Waals surface area contributed by atoms with E-state index < -0.39 is 35.2 Å². The number of benzene rings is 8. The molecule has 9 heteroatoms. The molecule has 4 saturated carbocycles. The van der Waals surface area contributed by atoms with E-state index in [0.717, 1.165) is 0 Å². The zero-order valence-electron chi connectivity index (χ0n) is 68.1. The molecule has 4 fully saturated rings. The van der Waals surface area contributed by atoms with Crippen molar-refractivity contribution in [3.05, 3.63) is 361 Å². The zero-order valence-corrected chi connectivity index (χ0v) is 74.2. The van der Waals surface area contributed by atoms with Gasteiger partial charge in [0.25, 0.3) is 0 Å². The number of hydrogen-bond donors (Lipinski definition) is 0. The molecule has 8 aromatic carbocycles. The van der Waals surface area contributed by atoms with Crippen molar-refractivity contribution in [2.45, 2.75) is 181 Å². The van der Waals surface area contributed by atoms with E-state index in [4.69, 9.17) is 21.3 Å². The molecule has 0 aromatic heterocycles. The van der Waals surface area contributed by atoms with Crippen LogP contribution in [0.2, 0.25) is 0 Å². The molecule has 0 unspecified atom stereocenters. The molecule has 109 heavy (non-hydrogen) atoms. The molecule has 560 valence electrons. The fraction of sp³-hybridized carbons (Fsp3) is 0.360. The minimum absolute atomic E-state index is 0. The summed E-state index contributed by atoms with van der Waals surface area (Å²) in [6.07, 6.45) is 39.9. The van der Waals surface area contributed by atoms with Crippen LogP contribution in [0, 0.1) is 43.3 Å². The molecule has 0 amide bonds. The average molecular weight is 1540 g/mol. The molecular formula is C100H120N4Si4Ti. The van der Waals surface area contributed by atoms with Crippen LogP contribution in [0.3, 0.4) is 0 Å². The van der Waals surface area contributed by atoms with Gasteiger partial charge in [-0.25, -0.2) is 0 Å². The summed E-state index contributed by atoms with van der Waals surface area (Å²) < 4.78 is 0. The molecular weight excluding hydrogens is 1420 g/mol. The molecule has 0 bridgehead atoms. The van der Waals surface area contributed by atoms with Crippen LogP contribution in [0.5, 0.6) is 0 Å². The van der Waals surface area contributed by atoms with E-state index >= 15 is 0 Å². The van der Waals surface area contributed by atoms with Gasteiger partial charge in [-0.3, -0.25) is 0 Å². The van der Waals surface area contributed by atoms with Gasteiger partial charge in [0.15, 0.2) is 0 Å². The van der Waals surface area contributed by atoms with Crippen LogP contribution in [-0.2, 0) is 21.7 Å². The summed E-state index contributed by atoms with van der Waals surface area (Å²) in [7, 11) is -6.54. The minimum Gasteiger partial charge on any atom is -0.649 e. The summed E-state index contributed by atoms with van der Waals surface area (Å²) in [4.78, 5) is 0. The fourth-order valence-corrected chi connectivity index (χ4v) is 43.0. The molecule has 0 heterocycles. The first-order chi connectivity index (χ1) is 51.5. The van der Waals surface area contributed by atoms with Crippen molar-refractivity contribution in [1.82, 2.24) is 0 Å². The maximum Gasteiger partial charge on any atom is 4.00 e. The molecule has 0 atom stereocenters. The second kappa shape index (κ2) is 32.3. The van der Waals surface area contributed by atoms with Gasteiger partial charge < -0.3 is 21.3 Å². The van der Waals surface area contributed by atoms with E-state index in [1.54, 1.807) is 0 Å². The Labute approximate surface area is 678 Å². The Balaban J connectivity index is 0.000000135. The number of hydrogen-bond acceptors (Lipinski definition) is 0. The van der Waals surface area contributed by atoms with E-state index in [1.807, 2.05) is 0 Å². The Morgan fingerprint density at radius 2 is 0.303 bits per heavy atom. The van der Waals surface area contributed by atoms with Crippen LogP contribution in [-0.4, -0.2) is 80.0 Å². The fourth-order valence-electron chi connectivity index (χ4n) is 24.4. The Morgan fingerprint density at radius 3 is 0.404 bits per heavy atom. The third-order valence-electron chi connectivity index (χ3n) is 26.8. The summed E-state index contributed by atoms with van der Waals surface area (Å²) in [6.45, 7) is 39.0. The summed E-state index contributed by atoms with van der Waals surface area (Å²) in [6, 6.07) is 90.4. The molecule has 4 nitrogen and oxygen atoms in total. The summed E-state index contributed by atoms with van der Waals surface area (Å²) in [5, 5.41) is 34.5. The topological polar surface area (TPSA) is 56.4 Å². The second-order valence-electron chi connectivity index (χ2n) is 37.4. The standard InChI is InChI=1S/4C25H30NSi.Ti/c4*1-23(2)19-24(3,4)25(23,26-20-13-11-12-14-20)27(21-15-7-5-8-16-21)22-17-9-6-10-18-22;/h4*5-18,20,27H,19H2,1-4H3;/q4*-1;+4. The van der Waals surface area contributed by atoms with Gasteiger partial charge in [0, 0.05) is 0 Å². The van der Waals surface area contributed by atoms with E-state index in [1.165, 1.54) is 67.2 Å². The number of allylic oxidation sites excluding steroid dienone is 8. The Kier molecular flexibility index (Phi) is 24.2. The molecule has 8 aliphatic rings. The van der Waals surface area contributed by atoms with E-state index in [2.05, 4.69) is 451 Å². The predicted octanol–water partition coefficient (Wildman–Crippen LogP) is 18.5. The largest absolute Gasteiger partial charge is 4.00 e. The molecule has 8 aromatic rings. The van der Waals surface area contributed by atoms with Crippen LogP contribution < -0.4 is 41.5 Å². The van der Waals surface area contributed by atoms with Gasteiger partial charge in [-0.15, -0.1) is 20.6 Å². The van der Waals surface area contributed by atoms with E-state index in [-0.39, 0.29) is 110 Å². The third kappa shape index (κ3) is 15.0. The van der Waals surface area contributed by atoms with Crippen molar-refractivity contribution in [3.8, 4) is 0 Å². The van der Waals surface area contributed by atoms with Gasteiger partial charge in [0.1, 0.15) is 0 Å². The minimum atomic E-state index is -1.63. The maximum atomic E-state index is 5.66. The molecule has 0 aliphatic heterocycles. The van der Waals surface area contributed by atoms with Crippen LogP contribution in [0.15, 0.2) is 340 Å². The quantitative estimate of drug-likeness (QED) is 0.0683. The number of rotatable bonds is 20. The van der Waals surface area contributed by atoms with Crippen LogP contribution in [0.1, 0.15) is 136 Å². The van der Waals surface area contributed by atoms with Crippen molar-refractivity contribution in [3.63, 3.8) is 0 Å². The third-order valence-corrected chi connectivity index (χ3v) is 45.4. The molecule has 0 spiro atoms. The Bertz CT molecular complexity index is 3730. The van der Waals surface area contributed by atoms with Crippen molar-refractivity contribution < 1.29 is 21.7 Å². The molecule has 16 rings (SSSR count). The van der Waals surface area contributed by atoms with E-state index in [0.29, 0.717) is 0 Å². The van der Waals surface area contributed by atoms with Gasteiger partial charge >= 0.3 is 21.7 Å². The predicted molar refractivity (Wildman–Crippen MR) is 479 cm³/mol. The second-order valence-corrected chi connectivity index (χ2v) is 49.6. The van der Waals surface area contributed by atoms with Gasteiger partial charge in [0.05, 0.1) is 35.2 Å². The van der Waals surface area contributed by atoms with Crippen molar-refractivity contribution in [2.75, 3.05) is 0 Å². The van der Waals surface area contributed by atoms with Crippen LogP contribution >= 0.6 is 0 Å². The van der Waals surface area contributed by atoms with Crippen LogP contribution in [0.4, 0.5) is 0 Å². The first-order valence-corrected chi connectivity index (χ1v) is 47.1. The molecule has 0 radical (unpaired) electrons. The van der Waals surface area contributed by atoms with Crippen molar-refractivity contribution >= 4 is 76.7 Å². The van der Waals surface area contributed by atoms with E-state index in [9.17, 15) is 0 Å². The summed E-state index contributed by atoms with van der Waals surface area (Å²) in [5.41, 5.74) is 1.47. The molecule has 8 aliphatic carbocycles. The molecule has 0 saturated heterocycles.